The molecule has 1 N–H and O–H groups in total. The van der Waals surface area contributed by atoms with Gasteiger partial charge < -0.3 is 10.1 Å². The maximum atomic E-state index is 10.5. The van der Waals surface area contributed by atoms with E-state index in [2.05, 4.69) is 15.3 Å². The Balaban J connectivity index is 2.48. The zero-order chi connectivity index (χ0) is 10.1. The highest BCUT2D eigenvalue weighted by Gasteiger charge is 2.17. The average molecular weight is 193 g/mol. The maximum absolute atomic E-state index is 10.5. The van der Waals surface area contributed by atoms with Gasteiger partial charge in [0.2, 0.25) is 0 Å². The third kappa shape index (κ3) is 1.24. The van der Waals surface area contributed by atoms with E-state index in [1.54, 1.807) is 19.3 Å². The summed E-state index contributed by atoms with van der Waals surface area (Å²) in [5.74, 6) is -0.133. The molecule has 0 spiro atoms. The van der Waals surface area contributed by atoms with Crippen LogP contribution in [0.15, 0.2) is 18.6 Å². The second-order valence-electron chi connectivity index (χ2n) is 2.79. The molecule has 0 atom stereocenters. The molecular formula is C7H7N5O2. The molecule has 2 heterocycles. The number of aryl methyl sites for hydroxylation is 1. The molecule has 2 aromatic heterocycles. The van der Waals surface area contributed by atoms with Gasteiger partial charge in [-0.1, -0.05) is 0 Å². The minimum Gasteiger partial charge on any atom is -0.358 e. The van der Waals surface area contributed by atoms with E-state index in [0.717, 1.165) is 0 Å². The molecule has 2 aromatic rings. The van der Waals surface area contributed by atoms with Crippen LogP contribution in [0.4, 0.5) is 5.82 Å². The molecule has 7 heteroatoms. The Labute approximate surface area is 78.5 Å². The summed E-state index contributed by atoms with van der Waals surface area (Å²) in [4.78, 5) is 10.0. The number of hydrogen-bond acceptors (Lipinski definition) is 4. The number of nitro groups is 1. The minimum absolute atomic E-state index is 0.133. The number of rotatable bonds is 2. The summed E-state index contributed by atoms with van der Waals surface area (Å²) >= 11 is 0. The number of aromatic amines is 1. The summed E-state index contributed by atoms with van der Waals surface area (Å²) in [6.45, 7) is 1.64. The fourth-order valence-electron chi connectivity index (χ4n) is 1.13. The molecular weight excluding hydrogens is 186 g/mol. The molecule has 0 aromatic carbocycles. The highest BCUT2D eigenvalue weighted by atomic mass is 16.6. The summed E-state index contributed by atoms with van der Waals surface area (Å²) in [5, 5.41) is 20.7. The molecule has 0 aliphatic carbocycles. The van der Waals surface area contributed by atoms with Crippen LogP contribution in [-0.4, -0.2) is 24.9 Å². The van der Waals surface area contributed by atoms with Crippen LogP contribution in [0.25, 0.3) is 5.69 Å². The van der Waals surface area contributed by atoms with Crippen LogP contribution in [0.2, 0.25) is 0 Å². The van der Waals surface area contributed by atoms with Crippen LogP contribution in [0.5, 0.6) is 0 Å². The molecule has 0 fully saturated rings. The van der Waals surface area contributed by atoms with Gasteiger partial charge in [-0.25, -0.2) is 0 Å². The van der Waals surface area contributed by atoms with Crippen molar-refractivity contribution in [1.82, 2.24) is 20.0 Å². The Hall–Kier alpha value is -2.18. The van der Waals surface area contributed by atoms with Crippen molar-refractivity contribution in [3.63, 3.8) is 0 Å². The molecule has 72 valence electrons. The van der Waals surface area contributed by atoms with Crippen molar-refractivity contribution in [1.29, 1.82) is 0 Å². The van der Waals surface area contributed by atoms with E-state index in [-0.39, 0.29) is 5.82 Å². The maximum Gasteiger partial charge on any atom is 0.393 e. The van der Waals surface area contributed by atoms with Gasteiger partial charge in [0, 0.05) is 6.20 Å². The van der Waals surface area contributed by atoms with Gasteiger partial charge in [0.25, 0.3) is 0 Å². The molecule has 2 rings (SSSR count). The van der Waals surface area contributed by atoms with E-state index in [1.165, 1.54) is 10.9 Å². The first-order valence-electron chi connectivity index (χ1n) is 3.88. The topological polar surface area (TPSA) is 89.6 Å². The van der Waals surface area contributed by atoms with Crippen LogP contribution in [0.1, 0.15) is 5.56 Å². The van der Waals surface area contributed by atoms with Crippen molar-refractivity contribution in [2.75, 3.05) is 0 Å². The summed E-state index contributed by atoms with van der Waals surface area (Å²) in [6.07, 6.45) is 4.73. The Bertz CT molecular complexity index is 458. The van der Waals surface area contributed by atoms with Crippen LogP contribution in [0, 0.1) is 17.0 Å². The molecule has 0 amide bonds. The summed E-state index contributed by atoms with van der Waals surface area (Å²) < 4.78 is 1.41. The fourth-order valence-corrected chi connectivity index (χ4v) is 1.13. The number of aromatic nitrogens is 4. The Morgan fingerprint density at radius 2 is 2.43 bits per heavy atom. The van der Waals surface area contributed by atoms with E-state index in [4.69, 9.17) is 0 Å². The van der Waals surface area contributed by atoms with Gasteiger partial charge in [-0.2, -0.15) is 5.10 Å². The third-order valence-corrected chi connectivity index (χ3v) is 1.79. The number of hydrogen-bond donors (Lipinski definition) is 1. The quantitative estimate of drug-likeness (QED) is 0.564. The van der Waals surface area contributed by atoms with Crippen LogP contribution in [0.3, 0.4) is 0 Å². The van der Waals surface area contributed by atoms with Crippen molar-refractivity contribution in [2.45, 2.75) is 6.92 Å². The SMILES string of the molecule is Cc1cn(-c2cn[nH]c2)nc1[N+](=O)[O-]. The Morgan fingerprint density at radius 1 is 1.64 bits per heavy atom. The van der Waals surface area contributed by atoms with E-state index < -0.39 is 4.92 Å². The highest BCUT2D eigenvalue weighted by Crippen LogP contribution is 2.16. The van der Waals surface area contributed by atoms with Crippen molar-refractivity contribution in [3.8, 4) is 5.69 Å². The summed E-state index contributed by atoms with van der Waals surface area (Å²) in [7, 11) is 0. The first-order chi connectivity index (χ1) is 6.68. The van der Waals surface area contributed by atoms with Gasteiger partial charge in [-0.05, 0) is 11.8 Å². The van der Waals surface area contributed by atoms with E-state index in [9.17, 15) is 10.1 Å². The van der Waals surface area contributed by atoms with Crippen LogP contribution < -0.4 is 0 Å². The standard InChI is InChI=1S/C7H7N5O2/c1-5-4-11(6-2-8-9-3-6)10-7(5)12(13)14/h2-4H,1H3,(H,8,9). The van der Waals surface area contributed by atoms with E-state index in [0.29, 0.717) is 11.3 Å². The first-order valence-corrected chi connectivity index (χ1v) is 3.88. The summed E-state index contributed by atoms with van der Waals surface area (Å²) in [6, 6.07) is 0. The van der Waals surface area contributed by atoms with Crippen molar-refractivity contribution >= 4 is 5.82 Å². The zero-order valence-corrected chi connectivity index (χ0v) is 7.34. The van der Waals surface area contributed by atoms with E-state index >= 15 is 0 Å². The first kappa shape index (κ1) is 8.42. The van der Waals surface area contributed by atoms with Gasteiger partial charge in [-0.15, -0.1) is 4.68 Å². The van der Waals surface area contributed by atoms with Gasteiger partial charge in [-0.3, -0.25) is 5.10 Å². The van der Waals surface area contributed by atoms with Crippen LogP contribution in [-0.2, 0) is 0 Å². The van der Waals surface area contributed by atoms with Gasteiger partial charge in [0.15, 0.2) is 0 Å². The average Bonchev–Trinajstić information content (AvgIpc) is 2.70. The van der Waals surface area contributed by atoms with E-state index in [1.807, 2.05) is 0 Å². The largest absolute Gasteiger partial charge is 0.393 e. The zero-order valence-electron chi connectivity index (χ0n) is 7.34. The molecule has 0 saturated carbocycles. The Morgan fingerprint density at radius 3 is 2.93 bits per heavy atom. The molecule has 0 aliphatic heterocycles. The third-order valence-electron chi connectivity index (χ3n) is 1.79. The van der Waals surface area contributed by atoms with Gasteiger partial charge in [0.05, 0.1) is 23.1 Å². The molecule has 0 bridgehead atoms. The van der Waals surface area contributed by atoms with Crippen molar-refractivity contribution in [2.24, 2.45) is 0 Å². The smallest absolute Gasteiger partial charge is 0.358 e. The predicted molar refractivity (Wildman–Crippen MR) is 47.1 cm³/mol. The lowest BCUT2D eigenvalue weighted by Crippen LogP contribution is -1.95. The molecule has 7 nitrogen and oxygen atoms in total. The lowest BCUT2D eigenvalue weighted by Gasteiger charge is -1.86. The lowest BCUT2D eigenvalue weighted by atomic mass is 10.4. The monoisotopic (exact) mass is 193 g/mol. The van der Waals surface area contributed by atoms with Crippen molar-refractivity contribution in [3.05, 3.63) is 34.3 Å². The molecule has 0 unspecified atom stereocenters. The fraction of sp³-hybridized carbons (Fsp3) is 0.143. The number of nitrogens with zero attached hydrogens (tertiary/aromatic N) is 4. The normalized spacial score (nSPS) is 10.4. The number of nitrogens with one attached hydrogen (secondary N) is 1. The number of H-pyrrole nitrogens is 1. The predicted octanol–water partition coefficient (Wildman–Crippen LogP) is 0.812. The molecule has 14 heavy (non-hydrogen) atoms. The molecule has 0 radical (unpaired) electrons. The lowest BCUT2D eigenvalue weighted by molar-refractivity contribution is -0.390. The van der Waals surface area contributed by atoms with Gasteiger partial charge in [0.1, 0.15) is 5.69 Å². The second-order valence-corrected chi connectivity index (χ2v) is 2.79. The van der Waals surface area contributed by atoms with Crippen molar-refractivity contribution < 1.29 is 4.92 Å². The molecule has 0 aliphatic rings. The molecule has 0 saturated heterocycles. The highest BCUT2D eigenvalue weighted by molar-refractivity contribution is 5.34. The minimum atomic E-state index is -0.508. The van der Waals surface area contributed by atoms with Crippen LogP contribution >= 0.6 is 0 Å². The second kappa shape index (κ2) is 2.95. The van der Waals surface area contributed by atoms with Gasteiger partial charge >= 0.3 is 5.82 Å². The summed E-state index contributed by atoms with van der Waals surface area (Å²) in [5.41, 5.74) is 1.19. The Kier molecular flexibility index (Phi) is 1.77.